The van der Waals surface area contributed by atoms with Crippen LogP contribution in [0.2, 0.25) is 0 Å². The van der Waals surface area contributed by atoms with Gasteiger partial charge in [-0.25, -0.2) is 22.0 Å². The van der Waals surface area contributed by atoms with Crippen LogP contribution in [0.15, 0.2) is 30.5 Å². The van der Waals surface area contributed by atoms with E-state index in [4.69, 9.17) is 4.74 Å². The van der Waals surface area contributed by atoms with Gasteiger partial charge in [-0.1, -0.05) is 6.07 Å². The van der Waals surface area contributed by atoms with E-state index in [0.29, 0.717) is 18.5 Å². The normalized spacial score (nSPS) is 21.4. The fourth-order valence-corrected chi connectivity index (χ4v) is 5.58. The molecular formula is C27H31F5N4O. The Kier molecular flexibility index (Phi) is 6.91. The lowest BCUT2D eigenvalue weighted by molar-refractivity contribution is -0.0280. The molecule has 1 aromatic heterocycles. The van der Waals surface area contributed by atoms with Crippen LogP contribution in [0.1, 0.15) is 43.5 Å². The second-order valence-electron chi connectivity index (χ2n) is 10.8. The van der Waals surface area contributed by atoms with E-state index in [1.807, 2.05) is 28.9 Å². The third-order valence-corrected chi connectivity index (χ3v) is 7.37. The number of nitrogens with one attached hydrogen (secondary N) is 1. The Morgan fingerprint density at radius 2 is 1.86 bits per heavy atom. The van der Waals surface area contributed by atoms with Crippen molar-refractivity contribution >= 4 is 10.9 Å². The molecule has 0 amide bonds. The van der Waals surface area contributed by atoms with Gasteiger partial charge in [0, 0.05) is 61.2 Å². The Balaban J connectivity index is 1.44. The second kappa shape index (κ2) is 9.87. The second-order valence-corrected chi connectivity index (χ2v) is 10.8. The average Bonchev–Trinajstić information content (AvgIpc) is 3.25. The molecule has 0 bridgehead atoms. The van der Waals surface area contributed by atoms with Gasteiger partial charge >= 0.3 is 0 Å². The number of rotatable bonds is 8. The van der Waals surface area contributed by atoms with Gasteiger partial charge in [-0.3, -0.25) is 14.9 Å². The van der Waals surface area contributed by atoms with Crippen molar-refractivity contribution in [2.45, 2.75) is 51.4 Å². The van der Waals surface area contributed by atoms with E-state index in [-0.39, 0.29) is 43.6 Å². The van der Waals surface area contributed by atoms with Gasteiger partial charge in [0.15, 0.2) is 0 Å². The van der Waals surface area contributed by atoms with Crippen molar-refractivity contribution < 1.29 is 26.7 Å². The van der Waals surface area contributed by atoms with Gasteiger partial charge in [0.2, 0.25) is 6.43 Å². The summed E-state index contributed by atoms with van der Waals surface area (Å²) in [6.45, 7) is 5.92. The van der Waals surface area contributed by atoms with E-state index in [9.17, 15) is 13.2 Å². The lowest BCUT2D eigenvalue weighted by Gasteiger charge is -2.44. The summed E-state index contributed by atoms with van der Waals surface area (Å²) in [6, 6.07) is 4.92. The smallest absolute Gasteiger partial charge is 0.243 e. The maximum atomic E-state index is 15.6. The Morgan fingerprint density at radius 3 is 2.51 bits per heavy atom. The lowest BCUT2D eigenvalue weighted by Crippen LogP contribution is -2.51. The lowest BCUT2D eigenvalue weighted by atomic mass is 9.82. The quantitative estimate of drug-likeness (QED) is 0.397. The van der Waals surface area contributed by atoms with Crippen molar-refractivity contribution in [3.8, 4) is 5.75 Å². The number of H-pyrrole nitrogens is 1. The summed E-state index contributed by atoms with van der Waals surface area (Å²) in [6.07, 6.45) is -0.0443. The highest BCUT2D eigenvalue weighted by atomic mass is 19.3. The molecule has 2 aliphatic rings. The zero-order valence-corrected chi connectivity index (χ0v) is 21.1. The number of ether oxygens (including phenoxy) is 1. The minimum Gasteiger partial charge on any atom is -0.492 e. The number of fused-ring (bicyclic) bond motifs is 3. The molecule has 1 unspecified atom stereocenters. The fraction of sp³-hybridized carbons (Fsp3) is 0.519. The van der Waals surface area contributed by atoms with Gasteiger partial charge in [-0.05, 0) is 44.4 Å². The number of halogens is 5. The summed E-state index contributed by atoms with van der Waals surface area (Å²) in [4.78, 5) is 3.63. The van der Waals surface area contributed by atoms with Crippen molar-refractivity contribution in [1.29, 1.82) is 0 Å². The summed E-state index contributed by atoms with van der Waals surface area (Å²) in [5.74, 6) is -2.17. The highest BCUT2D eigenvalue weighted by molar-refractivity contribution is 5.83. The molecule has 2 aromatic carbocycles. The highest BCUT2D eigenvalue weighted by Crippen LogP contribution is 2.43. The molecule has 1 saturated heterocycles. The molecule has 3 aromatic rings. The third-order valence-electron chi connectivity index (χ3n) is 7.37. The van der Waals surface area contributed by atoms with Gasteiger partial charge in [-0.15, -0.1) is 0 Å². The molecule has 0 saturated carbocycles. The molecule has 1 fully saturated rings. The molecule has 2 aliphatic heterocycles. The van der Waals surface area contributed by atoms with Crippen LogP contribution in [0.5, 0.6) is 5.75 Å². The molecule has 10 heteroatoms. The van der Waals surface area contributed by atoms with Crippen molar-refractivity contribution in [3.05, 3.63) is 58.8 Å². The summed E-state index contributed by atoms with van der Waals surface area (Å²) < 4.78 is 77.0. The van der Waals surface area contributed by atoms with Gasteiger partial charge < -0.3 is 4.74 Å². The van der Waals surface area contributed by atoms with Gasteiger partial charge in [0.25, 0.3) is 0 Å². The predicted octanol–water partition coefficient (Wildman–Crippen LogP) is 5.50. The molecule has 3 heterocycles. The number of hydrogen-bond acceptors (Lipinski definition) is 4. The molecule has 0 aliphatic carbocycles. The molecule has 200 valence electrons. The van der Waals surface area contributed by atoms with Crippen LogP contribution in [0.25, 0.3) is 10.9 Å². The zero-order valence-electron chi connectivity index (χ0n) is 21.1. The number of aromatic amines is 1. The van der Waals surface area contributed by atoms with Crippen LogP contribution in [-0.4, -0.2) is 70.9 Å². The van der Waals surface area contributed by atoms with E-state index in [0.717, 1.165) is 28.6 Å². The van der Waals surface area contributed by atoms with E-state index in [2.05, 4.69) is 10.2 Å². The maximum absolute atomic E-state index is 15.6. The topological polar surface area (TPSA) is 44.4 Å². The third kappa shape index (κ3) is 5.18. The fourth-order valence-electron chi connectivity index (χ4n) is 5.58. The van der Waals surface area contributed by atoms with Crippen molar-refractivity contribution in [3.63, 3.8) is 0 Å². The Labute approximate surface area is 212 Å². The van der Waals surface area contributed by atoms with Crippen LogP contribution >= 0.6 is 0 Å². The standard InChI is InChI=1S/C27H31F5N4O/c1-15-8-19-18(4-5-23-20(19)11-33-34-23)25(36(15)14-27(2,3)32)24-21(28)9-17(10-22(24)29)37-7-6-35-12-16(13-35)26(30)31/h4-5,9-11,15-16,25-26H,6-8,12-14H2,1-3H3,(H,33,34)/t15-,25?/m1/s1. The minimum absolute atomic E-state index is 0.00568. The number of hydrogen-bond donors (Lipinski definition) is 1. The molecular weight excluding hydrogens is 491 g/mol. The van der Waals surface area contributed by atoms with Crippen LogP contribution in [0.4, 0.5) is 22.0 Å². The summed E-state index contributed by atoms with van der Waals surface area (Å²) in [5, 5.41) is 7.93. The SMILES string of the molecule is C[C@@H]1Cc2c(ccc3[nH]ncc23)C(c2c(F)cc(OCCN3CC(C(F)F)C3)cc2F)N1CC(C)(C)F. The maximum Gasteiger partial charge on any atom is 0.243 e. The van der Waals surface area contributed by atoms with Crippen molar-refractivity contribution in [2.75, 3.05) is 32.8 Å². The van der Waals surface area contributed by atoms with Gasteiger partial charge in [0.05, 0.1) is 17.8 Å². The van der Waals surface area contributed by atoms with Crippen molar-refractivity contribution in [2.24, 2.45) is 5.92 Å². The van der Waals surface area contributed by atoms with E-state index >= 15 is 8.78 Å². The first-order valence-corrected chi connectivity index (χ1v) is 12.5. The molecule has 0 spiro atoms. The van der Waals surface area contributed by atoms with E-state index in [1.165, 1.54) is 13.8 Å². The van der Waals surface area contributed by atoms with E-state index < -0.39 is 35.7 Å². The van der Waals surface area contributed by atoms with Crippen LogP contribution in [0.3, 0.4) is 0 Å². The zero-order chi connectivity index (χ0) is 26.5. The van der Waals surface area contributed by atoms with E-state index in [1.54, 1.807) is 6.20 Å². The van der Waals surface area contributed by atoms with Crippen LogP contribution in [0, 0.1) is 17.6 Å². The summed E-state index contributed by atoms with van der Waals surface area (Å²) in [5.41, 5.74) is 0.743. The van der Waals surface area contributed by atoms with Crippen molar-refractivity contribution in [1.82, 2.24) is 20.0 Å². The number of benzene rings is 2. The molecule has 5 rings (SSSR count). The number of likely N-dealkylation sites (tertiary alicyclic amines) is 1. The van der Waals surface area contributed by atoms with Gasteiger partial charge in [0.1, 0.15) is 29.7 Å². The highest BCUT2D eigenvalue weighted by Gasteiger charge is 2.40. The van der Waals surface area contributed by atoms with Crippen LogP contribution in [-0.2, 0) is 6.42 Å². The largest absolute Gasteiger partial charge is 0.492 e. The molecule has 5 nitrogen and oxygen atoms in total. The summed E-state index contributed by atoms with van der Waals surface area (Å²) >= 11 is 0. The Morgan fingerprint density at radius 1 is 1.16 bits per heavy atom. The predicted molar refractivity (Wildman–Crippen MR) is 131 cm³/mol. The van der Waals surface area contributed by atoms with Crippen LogP contribution < -0.4 is 4.74 Å². The molecule has 1 N–H and O–H groups in total. The summed E-state index contributed by atoms with van der Waals surface area (Å²) in [7, 11) is 0. The Bertz CT molecular complexity index is 1240. The monoisotopic (exact) mass is 522 g/mol. The average molecular weight is 523 g/mol. The number of aromatic nitrogens is 2. The molecule has 37 heavy (non-hydrogen) atoms. The first-order valence-electron chi connectivity index (χ1n) is 12.5. The number of alkyl halides is 3. The first kappa shape index (κ1) is 25.9. The molecule has 0 radical (unpaired) electrons. The van der Waals surface area contributed by atoms with Gasteiger partial charge in [-0.2, -0.15) is 5.10 Å². The minimum atomic E-state index is -2.34. The Hall–Kier alpha value is -2.72. The number of nitrogens with zero attached hydrogens (tertiary/aromatic N) is 3. The first-order chi connectivity index (χ1) is 17.5. The molecule has 2 atom stereocenters.